The van der Waals surface area contributed by atoms with Crippen LogP contribution in [-0.4, -0.2) is 44.4 Å². The van der Waals surface area contributed by atoms with E-state index in [1.807, 2.05) is 13.8 Å². The zero-order valence-corrected chi connectivity index (χ0v) is 16.4. The Labute approximate surface area is 163 Å². The topological polar surface area (TPSA) is 90.0 Å². The first-order valence-corrected chi connectivity index (χ1v) is 10.3. The molecule has 3 rings (SSSR count). The molecule has 0 N–H and O–H groups in total. The number of carbonyl (C=O) groups excluding carboxylic acids is 2. The Hall–Kier alpha value is -2.87. The van der Waals surface area contributed by atoms with Crippen molar-refractivity contribution in [1.29, 1.82) is 0 Å². The Morgan fingerprint density at radius 3 is 2.57 bits per heavy atom. The molecule has 148 valence electrons. The molecule has 2 aromatic rings. The van der Waals surface area contributed by atoms with E-state index >= 15 is 0 Å². The van der Waals surface area contributed by atoms with Gasteiger partial charge < -0.3 is 9.47 Å². The van der Waals surface area contributed by atoms with Gasteiger partial charge in [-0.25, -0.2) is 17.5 Å². The van der Waals surface area contributed by atoms with E-state index in [1.54, 1.807) is 36.4 Å². The molecule has 2 aromatic carbocycles. The maximum absolute atomic E-state index is 12.5. The molecule has 0 spiro atoms. The largest absolute Gasteiger partial charge is 0.493 e. The summed E-state index contributed by atoms with van der Waals surface area (Å²) in [6, 6.07) is 12.6. The number of esters is 1. The number of benzene rings is 2. The van der Waals surface area contributed by atoms with Crippen LogP contribution in [0.5, 0.6) is 5.75 Å². The average Bonchev–Trinajstić information content (AvgIpc) is 2.87. The smallest absolute Gasteiger partial charge is 0.338 e. The van der Waals surface area contributed by atoms with Gasteiger partial charge in [-0.2, -0.15) is 0 Å². The van der Waals surface area contributed by atoms with E-state index in [1.165, 1.54) is 12.1 Å². The van der Waals surface area contributed by atoms with Crippen LogP contribution in [0.4, 0.5) is 0 Å². The number of nitrogens with zero attached hydrogens (tertiary/aromatic N) is 1. The Morgan fingerprint density at radius 1 is 1.11 bits per heavy atom. The Balaban J connectivity index is 1.61. The van der Waals surface area contributed by atoms with Crippen LogP contribution < -0.4 is 4.74 Å². The Morgan fingerprint density at radius 2 is 1.86 bits per heavy atom. The molecule has 7 nitrogen and oxygen atoms in total. The summed E-state index contributed by atoms with van der Waals surface area (Å²) in [6.45, 7) is 4.07. The summed E-state index contributed by atoms with van der Waals surface area (Å²) in [5.74, 6) is -0.331. The number of ether oxygens (including phenoxy) is 2. The second kappa shape index (κ2) is 8.02. The molecular weight excluding hydrogens is 382 g/mol. The van der Waals surface area contributed by atoms with Crippen molar-refractivity contribution in [2.24, 2.45) is 5.92 Å². The molecule has 0 saturated carbocycles. The van der Waals surface area contributed by atoms with Crippen molar-refractivity contribution in [3.05, 3.63) is 59.7 Å². The first-order chi connectivity index (χ1) is 13.3. The van der Waals surface area contributed by atoms with Gasteiger partial charge in [0.05, 0.1) is 24.3 Å². The molecule has 0 aromatic heterocycles. The van der Waals surface area contributed by atoms with Crippen molar-refractivity contribution in [3.63, 3.8) is 0 Å². The molecule has 1 aliphatic heterocycles. The second-order valence-corrected chi connectivity index (χ2v) is 8.58. The van der Waals surface area contributed by atoms with E-state index in [0.717, 1.165) is 4.31 Å². The van der Waals surface area contributed by atoms with Gasteiger partial charge in [0.1, 0.15) is 17.3 Å². The van der Waals surface area contributed by atoms with Crippen LogP contribution in [0.2, 0.25) is 0 Å². The van der Waals surface area contributed by atoms with Gasteiger partial charge in [0.25, 0.3) is 15.9 Å². The van der Waals surface area contributed by atoms with E-state index in [9.17, 15) is 18.0 Å². The normalized spacial score (nSPS) is 14.8. The molecule has 0 unspecified atom stereocenters. The van der Waals surface area contributed by atoms with Crippen LogP contribution in [0.15, 0.2) is 53.4 Å². The molecule has 1 heterocycles. The van der Waals surface area contributed by atoms with Crippen LogP contribution >= 0.6 is 0 Å². The van der Waals surface area contributed by atoms with E-state index < -0.39 is 21.9 Å². The second-order valence-electron chi connectivity index (χ2n) is 6.75. The minimum atomic E-state index is -3.91. The van der Waals surface area contributed by atoms with Crippen molar-refractivity contribution >= 4 is 21.9 Å². The maximum atomic E-state index is 12.5. The standard InChI is InChI=1S/C20H21NO6S/c1-14(2)13-27-16-7-5-6-15(12-16)20(23)26-11-10-21-19(22)17-8-3-4-9-18(17)28(21,24)25/h3-9,12,14H,10-11,13H2,1-2H3. The number of fused-ring (bicyclic) bond motifs is 1. The van der Waals surface area contributed by atoms with Crippen LogP contribution in [0.25, 0.3) is 0 Å². The summed E-state index contributed by atoms with van der Waals surface area (Å²) in [4.78, 5) is 24.5. The van der Waals surface area contributed by atoms with Crippen LogP contribution in [-0.2, 0) is 14.8 Å². The molecule has 0 atom stereocenters. The van der Waals surface area contributed by atoms with E-state index in [4.69, 9.17) is 9.47 Å². The fraction of sp³-hybridized carbons (Fsp3) is 0.300. The highest BCUT2D eigenvalue weighted by atomic mass is 32.2. The highest BCUT2D eigenvalue weighted by Crippen LogP contribution is 2.29. The lowest BCUT2D eigenvalue weighted by molar-refractivity contribution is 0.0477. The van der Waals surface area contributed by atoms with Crippen molar-refractivity contribution in [2.45, 2.75) is 18.7 Å². The molecule has 8 heteroatoms. The SMILES string of the molecule is CC(C)COc1cccc(C(=O)OCCN2C(=O)c3ccccc3S2(=O)=O)c1. The van der Waals surface area contributed by atoms with Gasteiger partial charge in [-0.3, -0.25) is 4.79 Å². The molecule has 0 bridgehead atoms. The third kappa shape index (κ3) is 4.01. The lowest BCUT2D eigenvalue weighted by atomic mass is 10.2. The predicted molar refractivity (Wildman–Crippen MR) is 102 cm³/mol. The number of hydrogen-bond donors (Lipinski definition) is 0. The third-order valence-corrected chi connectivity index (χ3v) is 5.93. The summed E-state index contributed by atoms with van der Waals surface area (Å²) in [6.07, 6.45) is 0. The monoisotopic (exact) mass is 403 g/mol. The van der Waals surface area contributed by atoms with Gasteiger partial charge in [0, 0.05) is 0 Å². The first-order valence-electron chi connectivity index (χ1n) is 8.87. The number of carbonyl (C=O) groups is 2. The Bertz CT molecular complexity index is 999. The number of rotatable bonds is 7. The summed E-state index contributed by atoms with van der Waals surface area (Å²) >= 11 is 0. The molecule has 0 aliphatic carbocycles. The van der Waals surface area contributed by atoms with Crippen molar-refractivity contribution in [3.8, 4) is 5.75 Å². The van der Waals surface area contributed by atoms with Gasteiger partial charge in [-0.1, -0.05) is 32.0 Å². The average molecular weight is 403 g/mol. The van der Waals surface area contributed by atoms with Gasteiger partial charge in [-0.15, -0.1) is 0 Å². The zero-order valence-electron chi connectivity index (χ0n) is 15.6. The van der Waals surface area contributed by atoms with Gasteiger partial charge in [-0.05, 0) is 36.2 Å². The number of amides is 1. The minimum Gasteiger partial charge on any atom is -0.493 e. The summed E-state index contributed by atoms with van der Waals surface area (Å²) in [7, 11) is -3.91. The highest BCUT2D eigenvalue weighted by Gasteiger charge is 2.40. The lowest BCUT2D eigenvalue weighted by Crippen LogP contribution is -2.33. The van der Waals surface area contributed by atoms with Crippen molar-refractivity contribution < 1.29 is 27.5 Å². The molecule has 1 amide bonds. The fourth-order valence-corrected chi connectivity index (χ4v) is 4.29. The fourth-order valence-electron chi connectivity index (χ4n) is 2.73. The maximum Gasteiger partial charge on any atom is 0.338 e. The predicted octanol–water partition coefficient (Wildman–Crippen LogP) is 2.72. The van der Waals surface area contributed by atoms with Crippen molar-refractivity contribution in [1.82, 2.24) is 4.31 Å². The Kier molecular flexibility index (Phi) is 5.69. The summed E-state index contributed by atoms with van der Waals surface area (Å²) < 4.78 is 36.4. The van der Waals surface area contributed by atoms with E-state index in [0.29, 0.717) is 23.8 Å². The minimum absolute atomic E-state index is 0.0265. The van der Waals surface area contributed by atoms with Crippen LogP contribution in [0.3, 0.4) is 0 Å². The van der Waals surface area contributed by atoms with Gasteiger partial charge in [0.15, 0.2) is 0 Å². The first kappa shape index (κ1) is 19.9. The molecule has 28 heavy (non-hydrogen) atoms. The number of hydrogen-bond acceptors (Lipinski definition) is 6. The van der Waals surface area contributed by atoms with E-state index in [-0.39, 0.29) is 23.6 Å². The third-order valence-electron chi connectivity index (χ3n) is 4.09. The molecule has 0 radical (unpaired) electrons. The number of sulfonamides is 1. The summed E-state index contributed by atoms with van der Waals surface area (Å²) in [5.41, 5.74) is 0.420. The zero-order chi connectivity index (χ0) is 20.3. The summed E-state index contributed by atoms with van der Waals surface area (Å²) in [5, 5.41) is 0. The molecule has 1 aliphatic rings. The lowest BCUT2D eigenvalue weighted by Gasteiger charge is -2.15. The highest BCUT2D eigenvalue weighted by molar-refractivity contribution is 7.90. The molecular formula is C20H21NO6S. The van der Waals surface area contributed by atoms with Crippen LogP contribution in [0, 0.1) is 5.92 Å². The van der Waals surface area contributed by atoms with Crippen molar-refractivity contribution in [2.75, 3.05) is 19.8 Å². The van der Waals surface area contributed by atoms with E-state index in [2.05, 4.69) is 0 Å². The molecule has 0 saturated heterocycles. The van der Waals surface area contributed by atoms with Gasteiger partial charge in [0.2, 0.25) is 0 Å². The van der Waals surface area contributed by atoms with Gasteiger partial charge >= 0.3 is 5.97 Å². The quantitative estimate of drug-likeness (QED) is 0.661. The molecule has 0 fully saturated rings. The van der Waals surface area contributed by atoms with Crippen LogP contribution in [0.1, 0.15) is 34.6 Å².